The lowest BCUT2D eigenvalue weighted by molar-refractivity contribution is 0.0697. The third-order valence-electron chi connectivity index (χ3n) is 5.94. The van der Waals surface area contributed by atoms with Crippen LogP contribution in [0.4, 0.5) is 0 Å². The normalized spacial score (nSPS) is 16.2. The van der Waals surface area contributed by atoms with E-state index in [2.05, 4.69) is 4.98 Å². The monoisotopic (exact) mass is 451 g/mol. The molecule has 1 aromatic carbocycles. The van der Waals surface area contributed by atoms with E-state index < -0.39 is 12.1 Å². The number of carboxylic acids is 1. The summed E-state index contributed by atoms with van der Waals surface area (Å²) in [5.41, 5.74) is 2.38. The van der Waals surface area contributed by atoms with Crippen LogP contribution in [0, 0.1) is 6.92 Å². The van der Waals surface area contributed by atoms with Crippen LogP contribution in [-0.4, -0.2) is 55.7 Å². The molecule has 0 spiro atoms. The van der Waals surface area contributed by atoms with Crippen molar-refractivity contribution in [2.45, 2.75) is 19.4 Å². The molecule has 164 valence electrons. The van der Waals surface area contributed by atoms with Crippen molar-refractivity contribution in [1.29, 1.82) is 0 Å². The summed E-state index contributed by atoms with van der Waals surface area (Å²) >= 11 is 1.31. The number of aliphatic hydroxyl groups is 1. The van der Waals surface area contributed by atoms with Gasteiger partial charge in [-0.25, -0.2) is 4.79 Å². The van der Waals surface area contributed by atoms with Gasteiger partial charge in [0.05, 0.1) is 32.3 Å². The van der Waals surface area contributed by atoms with Gasteiger partial charge in [0.2, 0.25) is 0 Å². The van der Waals surface area contributed by atoms with E-state index in [9.17, 15) is 19.8 Å². The topological polar surface area (TPSA) is 105 Å². The Balaban J connectivity index is 1.50. The van der Waals surface area contributed by atoms with E-state index in [1.165, 1.54) is 11.3 Å². The van der Waals surface area contributed by atoms with Crippen LogP contribution in [0.25, 0.3) is 21.1 Å². The molecule has 0 radical (unpaired) electrons. The molecule has 2 N–H and O–H groups in total. The van der Waals surface area contributed by atoms with E-state index in [0.29, 0.717) is 52.5 Å². The number of aliphatic hydroxyl groups excluding tert-OH is 1. The molecule has 0 aliphatic carbocycles. The molecule has 4 heterocycles. The highest BCUT2D eigenvalue weighted by Gasteiger charge is 2.27. The van der Waals surface area contributed by atoms with Crippen LogP contribution in [0.1, 0.15) is 32.1 Å². The van der Waals surface area contributed by atoms with E-state index >= 15 is 0 Å². The number of ether oxygens (including phenoxy) is 1. The van der Waals surface area contributed by atoms with E-state index in [1.54, 1.807) is 42.3 Å². The van der Waals surface area contributed by atoms with Gasteiger partial charge in [-0.15, -0.1) is 11.3 Å². The molecule has 4 aromatic rings. The molecule has 1 atom stereocenters. The number of aryl methyl sites for hydroxylation is 1. The maximum Gasteiger partial charge on any atom is 0.338 e. The number of carbonyl (C=O) groups excluding carboxylic acids is 1. The number of hydrogen-bond donors (Lipinski definition) is 2. The summed E-state index contributed by atoms with van der Waals surface area (Å²) in [6.07, 6.45) is 1.75. The SMILES string of the molecule is Cc1c(C(=O)O)c2ccc(Oc3ccnc4cc(C(=O)N5CCC(O)C5)sc34)cc2n1C. The Hall–Kier alpha value is -3.43. The molecule has 8 nitrogen and oxygen atoms in total. The van der Waals surface area contributed by atoms with Gasteiger partial charge in [-0.2, -0.15) is 0 Å². The minimum absolute atomic E-state index is 0.114. The van der Waals surface area contributed by atoms with Crippen molar-refractivity contribution in [3.8, 4) is 11.5 Å². The van der Waals surface area contributed by atoms with Crippen molar-refractivity contribution in [3.05, 3.63) is 52.7 Å². The summed E-state index contributed by atoms with van der Waals surface area (Å²) in [4.78, 5) is 31.0. The van der Waals surface area contributed by atoms with Crippen molar-refractivity contribution >= 4 is 44.3 Å². The van der Waals surface area contributed by atoms with Crippen LogP contribution in [0.2, 0.25) is 0 Å². The number of benzene rings is 1. The number of rotatable bonds is 4. The number of aromatic carboxylic acids is 1. The number of pyridine rings is 1. The zero-order valence-electron chi connectivity index (χ0n) is 17.5. The number of carboxylic acid groups (broad SMARTS) is 1. The zero-order chi connectivity index (χ0) is 22.6. The molecule has 3 aromatic heterocycles. The van der Waals surface area contributed by atoms with Gasteiger partial charge in [0.1, 0.15) is 11.5 Å². The molecule has 32 heavy (non-hydrogen) atoms. The summed E-state index contributed by atoms with van der Waals surface area (Å²) in [5.74, 6) is 0.0621. The Morgan fingerprint density at radius 3 is 2.78 bits per heavy atom. The lowest BCUT2D eigenvalue weighted by atomic mass is 10.1. The van der Waals surface area contributed by atoms with Crippen molar-refractivity contribution in [3.63, 3.8) is 0 Å². The number of aromatic nitrogens is 2. The number of amides is 1. The highest BCUT2D eigenvalue weighted by atomic mass is 32.1. The average Bonchev–Trinajstić information content (AvgIpc) is 3.45. The van der Waals surface area contributed by atoms with Crippen LogP contribution in [0.3, 0.4) is 0 Å². The first kappa shape index (κ1) is 20.5. The molecule has 1 saturated heterocycles. The minimum atomic E-state index is -0.959. The molecular weight excluding hydrogens is 430 g/mol. The van der Waals surface area contributed by atoms with Crippen LogP contribution >= 0.6 is 11.3 Å². The second-order valence-corrected chi connectivity index (χ2v) is 8.99. The fraction of sp³-hybridized carbons (Fsp3) is 0.261. The number of β-amino-alcohol motifs (C(OH)–C–C–N with tert-alkyl or cyclic N) is 1. The molecule has 1 amide bonds. The Bertz CT molecular complexity index is 1390. The van der Waals surface area contributed by atoms with Gasteiger partial charge in [0.15, 0.2) is 0 Å². The first-order valence-corrected chi connectivity index (χ1v) is 11.0. The van der Waals surface area contributed by atoms with Crippen LogP contribution < -0.4 is 4.74 Å². The van der Waals surface area contributed by atoms with Crippen molar-refractivity contribution in [2.75, 3.05) is 13.1 Å². The Kier molecular flexibility index (Phi) is 4.87. The lowest BCUT2D eigenvalue weighted by Crippen LogP contribution is -2.28. The van der Waals surface area contributed by atoms with Gasteiger partial charge in [-0.3, -0.25) is 9.78 Å². The molecule has 5 rings (SSSR count). The van der Waals surface area contributed by atoms with Gasteiger partial charge in [0.25, 0.3) is 5.91 Å². The number of thiophene rings is 1. The van der Waals surface area contributed by atoms with Crippen LogP contribution in [0.5, 0.6) is 11.5 Å². The molecule has 1 aliphatic rings. The summed E-state index contributed by atoms with van der Waals surface area (Å²) < 4.78 is 8.73. The number of fused-ring (bicyclic) bond motifs is 2. The van der Waals surface area contributed by atoms with E-state index in [4.69, 9.17) is 4.74 Å². The van der Waals surface area contributed by atoms with Crippen LogP contribution in [-0.2, 0) is 7.05 Å². The minimum Gasteiger partial charge on any atom is -0.478 e. The van der Waals surface area contributed by atoms with Gasteiger partial charge in [-0.05, 0) is 31.5 Å². The number of carbonyl (C=O) groups is 2. The first-order chi connectivity index (χ1) is 15.3. The third-order valence-corrected chi connectivity index (χ3v) is 7.07. The standard InChI is InChI=1S/C23H21N3O5S/c1-12-20(23(29)30)15-4-3-14(9-17(15)25(12)2)31-18-5-7-24-16-10-19(32-21(16)18)22(28)26-8-6-13(27)11-26/h3-5,7,9-10,13,27H,6,8,11H2,1-2H3,(H,29,30). The predicted octanol–water partition coefficient (Wildman–Crippen LogP) is 3.79. The quantitative estimate of drug-likeness (QED) is 0.489. The molecule has 0 bridgehead atoms. The van der Waals surface area contributed by atoms with E-state index in [1.807, 2.05) is 17.7 Å². The summed E-state index contributed by atoms with van der Waals surface area (Å²) in [6, 6.07) is 8.80. The second kappa shape index (κ2) is 7.61. The van der Waals surface area contributed by atoms with Gasteiger partial charge >= 0.3 is 5.97 Å². The van der Waals surface area contributed by atoms with Crippen molar-refractivity contribution in [1.82, 2.24) is 14.5 Å². The van der Waals surface area contributed by atoms with Gasteiger partial charge in [0, 0.05) is 49.5 Å². The Labute approximate surface area is 187 Å². The molecule has 0 saturated carbocycles. The highest BCUT2D eigenvalue weighted by molar-refractivity contribution is 7.21. The smallest absolute Gasteiger partial charge is 0.338 e. The summed E-state index contributed by atoms with van der Waals surface area (Å²) in [6.45, 7) is 2.66. The van der Waals surface area contributed by atoms with Gasteiger partial charge in [-0.1, -0.05) is 0 Å². The van der Waals surface area contributed by atoms with Crippen molar-refractivity contribution < 1.29 is 24.5 Å². The molecular formula is C23H21N3O5S. The molecule has 1 unspecified atom stereocenters. The molecule has 1 fully saturated rings. The summed E-state index contributed by atoms with van der Waals surface area (Å²) in [5, 5.41) is 19.9. The maximum atomic E-state index is 12.8. The molecule has 9 heteroatoms. The predicted molar refractivity (Wildman–Crippen MR) is 121 cm³/mol. The summed E-state index contributed by atoms with van der Waals surface area (Å²) in [7, 11) is 1.82. The largest absolute Gasteiger partial charge is 0.478 e. The first-order valence-electron chi connectivity index (χ1n) is 10.2. The van der Waals surface area contributed by atoms with Gasteiger partial charge < -0.3 is 24.4 Å². The fourth-order valence-corrected chi connectivity index (χ4v) is 5.22. The second-order valence-electron chi connectivity index (χ2n) is 7.93. The zero-order valence-corrected chi connectivity index (χ0v) is 18.3. The number of nitrogens with zero attached hydrogens (tertiary/aromatic N) is 3. The Morgan fingerprint density at radius 1 is 1.25 bits per heavy atom. The maximum absolute atomic E-state index is 12.8. The van der Waals surface area contributed by atoms with Crippen LogP contribution in [0.15, 0.2) is 36.5 Å². The van der Waals surface area contributed by atoms with E-state index in [-0.39, 0.29) is 11.5 Å². The van der Waals surface area contributed by atoms with E-state index in [0.717, 1.165) is 10.2 Å². The number of likely N-dealkylation sites (tertiary alicyclic amines) is 1. The molecule has 1 aliphatic heterocycles. The average molecular weight is 452 g/mol. The van der Waals surface area contributed by atoms with Crippen molar-refractivity contribution in [2.24, 2.45) is 7.05 Å². The third kappa shape index (κ3) is 3.30. The fourth-order valence-electron chi connectivity index (χ4n) is 4.19. The highest BCUT2D eigenvalue weighted by Crippen LogP contribution is 2.37. The lowest BCUT2D eigenvalue weighted by Gasteiger charge is -2.13. The Morgan fingerprint density at radius 2 is 2.06 bits per heavy atom. The number of hydrogen-bond acceptors (Lipinski definition) is 6.